The van der Waals surface area contributed by atoms with Gasteiger partial charge in [-0.25, -0.2) is 9.97 Å². The average molecular weight is 536 g/mol. The van der Waals surface area contributed by atoms with Gasteiger partial charge < -0.3 is 20.3 Å². The Hall–Kier alpha value is -2.05. The number of fused-ring (bicyclic) bond motifs is 1. The highest BCUT2D eigenvalue weighted by atomic mass is 127. The lowest BCUT2D eigenvalue weighted by Gasteiger charge is -2.36. The number of hydrogen-bond donors (Lipinski definition) is 2. The molecule has 1 fully saturated rings. The van der Waals surface area contributed by atoms with Crippen LogP contribution in [0.5, 0.6) is 0 Å². The molecule has 4 rings (SSSR count). The standard InChI is InChI=1S/C21H29IN8O/c1-5-31-9-8-30-18-17(19(22)28-30)26-21(29-11-14(3)24-15(4)12-29)27-20(18)25-16-7-6-13(2)10-23-16/h6-7,10,14-15,24H,5,8-9,11-12H2,1-4H3,(H,23,25,26,27)/t14-,15-/m1/s1. The normalized spacial score (nSPS) is 19.2. The largest absolute Gasteiger partial charge is 0.380 e. The summed E-state index contributed by atoms with van der Waals surface area (Å²) < 4.78 is 8.33. The fourth-order valence-electron chi connectivity index (χ4n) is 3.87. The summed E-state index contributed by atoms with van der Waals surface area (Å²) in [7, 11) is 0. The molecule has 1 aliphatic heterocycles. The molecule has 1 aliphatic rings. The Bertz CT molecular complexity index is 1030. The second kappa shape index (κ2) is 9.61. The maximum atomic E-state index is 5.56. The van der Waals surface area contributed by atoms with E-state index in [2.05, 4.69) is 57.0 Å². The van der Waals surface area contributed by atoms with Crippen molar-refractivity contribution in [1.29, 1.82) is 0 Å². The highest BCUT2D eigenvalue weighted by Gasteiger charge is 2.26. The first-order valence-corrected chi connectivity index (χ1v) is 11.7. The summed E-state index contributed by atoms with van der Waals surface area (Å²) in [5.74, 6) is 2.16. The molecule has 2 atom stereocenters. The van der Waals surface area contributed by atoms with Gasteiger partial charge in [-0.2, -0.15) is 10.1 Å². The third-order valence-electron chi connectivity index (χ3n) is 5.18. The number of hydrogen-bond acceptors (Lipinski definition) is 8. The van der Waals surface area contributed by atoms with E-state index in [1.165, 1.54) is 0 Å². The summed E-state index contributed by atoms with van der Waals surface area (Å²) in [6.07, 6.45) is 1.84. The molecule has 1 saturated heterocycles. The monoisotopic (exact) mass is 536 g/mol. The van der Waals surface area contributed by atoms with Gasteiger partial charge in [-0.1, -0.05) is 6.07 Å². The fourth-order valence-corrected chi connectivity index (χ4v) is 4.51. The number of nitrogens with zero attached hydrogens (tertiary/aromatic N) is 6. The van der Waals surface area contributed by atoms with Crippen LogP contribution in [0.4, 0.5) is 17.6 Å². The summed E-state index contributed by atoms with van der Waals surface area (Å²) in [5.41, 5.74) is 2.82. The Kier molecular flexibility index (Phi) is 6.87. The lowest BCUT2D eigenvalue weighted by Crippen LogP contribution is -2.54. The van der Waals surface area contributed by atoms with Gasteiger partial charge >= 0.3 is 0 Å². The number of halogens is 1. The van der Waals surface area contributed by atoms with Crippen molar-refractivity contribution in [1.82, 2.24) is 30.0 Å². The molecule has 31 heavy (non-hydrogen) atoms. The van der Waals surface area contributed by atoms with Crippen LogP contribution < -0.4 is 15.5 Å². The summed E-state index contributed by atoms with van der Waals surface area (Å²) in [5, 5.41) is 11.7. The van der Waals surface area contributed by atoms with Crippen molar-refractivity contribution in [2.45, 2.75) is 46.3 Å². The SMILES string of the molecule is CCOCCn1nc(I)c2nc(N3C[C@@H](C)N[C@H](C)C3)nc(Nc3ccc(C)cn3)c21. The Morgan fingerprint density at radius 1 is 1.23 bits per heavy atom. The Morgan fingerprint density at radius 3 is 2.68 bits per heavy atom. The van der Waals surface area contributed by atoms with Crippen molar-refractivity contribution in [2.75, 3.05) is 36.5 Å². The molecular formula is C21H29IN8O. The van der Waals surface area contributed by atoms with Gasteiger partial charge in [0.2, 0.25) is 5.95 Å². The van der Waals surface area contributed by atoms with Crippen LogP contribution in [0.15, 0.2) is 18.3 Å². The molecule has 2 N–H and O–H groups in total. The molecule has 9 nitrogen and oxygen atoms in total. The van der Waals surface area contributed by atoms with Crippen molar-refractivity contribution >= 4 is 51.2 Å². The molecule has 4 heterocycles. The van der Waals surface area contributed by atoms with E-state index in [1.807, 2.05) is 36.9 Å². The quantitative estimate of drug-likeness (QED) is 0.352. The molecule has 3 aromatic rings. The first kappa shape index (κ1) is 22.2. The topological polar surface area (TPSA) is 93.0 Å². The van der Waals surface area contributed by atoms with Crippen LogP contribution in [0.1, 0.15) is 26.3 Å². The molecule has 0 spiro atoms. The zero-order valence-electron chi connectivity index (χ0n) is 18.4. The van der Waals surface area contributed by atoms with Gasteiger partial charge in [0.25, 0.3) is 0 Å². The minimum atomic E-state index is 0.367. The van der Waals surface area contributed by atoms with Crippen molar-refractivity contribution in [3.8, 4) is 0 Å². The van der Waals surface area contributed by atoms with Crippen molar-refractivity contribution in [3.63, 3.8) is 0 Å². The van der Waals surface area contributed by atoms with Crippen LogP contribution in [0.25, 0.3) is 11.0 Å². The molecule has 0 saturated carbocycles. The highest BCUT2D eigenvalue weighted by Crippen LogP contribution is 2.29. The van der Waals surface area contributed by atoms with E-state index in [4.69, 9.17) is 19.8 Å². The van der Waals surface area contributed by atoms with Crippen LogP contribution in [-0.2, 0) is 11.3 Å². The third-order valence-corrected chi connectivity index (χ3v) is 5.91. The maximum absolute atomic E-state index is 5.56. The van der Waals surface area contributed by atoms with Crippen LogP contribution in [0.3, 0.4) is 0 Å². The van der Waals surface area contributed by atoms with E-state index >= 15 is 0 Å². The number of aromatic nitrogens is 5. The van der Waals surface area contributed by atoms with E-state index in [9.17, 15) is 0 Å². The number of nitrogens with one attached hydrogen (secondary N) is 2. The third kappa shape index (κ3) is 5.07. The van der Waals surface area contributed by atoms with E-state index < -0.39 is 0 Å². The zero-order chi connectivity index (χ0) is 22.0. The number of rotatable bonds is 7. The van der Waals surface area contributed by atoms with Gasteiger partial charge in [0.05, 0.1) is 13.2 Å². The van der Waals surface area contributed by atoms with Crippen LogP contribution in [0.2, 0.25) is 0 Å². The van der Waals surface area contributed by atoms with E-state index in [0.717, 1.165) is 39.2 Å². The molecule has 166 valence electrons. The van der Waals surface area contributed by atoms with Gasteiger partial charge in [0.1, 0.15) is 20.6 Å². The summed E-state index contributed by atoms with van der Waals surface area (Å²) in [4.78, 5) is 16.6. The van der Waals surface area contributed by atoms with Gasteiger partial charge in [-0.05, 0) is 61.9 Å². The van der Waals surface area contributed by atoms with E-state index in [0.29, 0.717) is 43.6 Å². The van der Waals surface area contributed by atoms with Crippen molar-refractivity contribution in [3.05, 3.63) is 27.6 Å². The van der Waals surface area contributed by atoms with Crippen LogP contribution >= 0.6 is 22.6 Å². The second-order valence-electron chi connectivity index (χ2n) is 8.00. The molecular weight excluding hydrogens is 507 g/mol. The fraction of sp³-hybridized carbons (Fsp3) is 0.524. The first-order chi connectivity index (χ1) is 14.9. The second-order valence-corrected chi connectivity index (χ2v) is 9.02. The molecule has 10 heteroatoms. The van der Waals surface area contributed by atoms with E-state index in [-0.39, 0.29) is 0 Å². The highest BCUT2D eigenvalue weighted by molar-refractivity contribution is 14.1. The number of ether oxygens (including phenoxy) is 1. The van der Waals surface area contributed by atoms with Crippen LogP contribution in [-0.4, -0.2) is 63.1 Å². The minimum absolute atomic E-state index is 0.367. The summed E-state index contributed by atoms with van der Waals surface area (Å²) in [6.45, 7) is 12.0. The molecule has 0 aromatic carbocycles. The van der Waals surface area contributed by atoms with Crippen molar-refractivity contribution < 1.29 is 4.74 Å². The number of anilines is 3. The minimum Gasteiger partial charge on any atom is -0.380 e. The van der Waals surface area contributed by atoms with Gasteiger partial charge in [0, 0.05) is 38.0 Å². The lowest BCUT2D eigenvalue weighted by atomic mass is 10.1. The van der Waals surface area contributed by atoms with Gasteiger partial charge in [0.15, 0.2) is 5.82 Å². The molecule has 0 radical (unpaired) electrons. The van der Waals surface area contributed by atoms with Gasteiger partial charge in [-0.3, -0.25) is 4.68 Å². The van der Waals surface area contributed by atoms with Crippen LogP contribution in [0, 0.1) is 10.6 Å². The predicted octanol–water partition coefficient (Wildman–Crippen LogP) is 3.10. The first-order valence-electron chi connectivity index (χ1n) is 10.7. The lowest BCUT2D eigenvalue weighted by molar-refractivity contribution is 0.137. The number of piperazine rings is 1. The van der Waals surface area contributed by atoms with E-state index in [1.54, 1.807) is 0 Å². The Balaban J connectivity index is 1.78. The average Bonchev–Trinajstić information content (AvgIpc) is 3.05. The molecule has 0 bridgehead atoms. The molecule has 0 unspecified atom stereocenters. The maximum Gasteiger partial charge on any atom is 0.228 e. The molecule has 3 aromatic heterocycles. The summed E-state index contributed by atoms with van der Waals surface area (Å²) >= 11 is 2.25. The Morgan fingerprint density at radius 2 is 2.00 bits per heavy atom. The summed E-state index contributed by atoms with van der Waals surface area (Å²) in [6, 6.07) is 4.73. The molecule has 0 amide bonds. The number of pyridine rings is 1. The zero-order valence-corrected chi connectivity index (χ0v) is 20.5. The smallest absolute Gasteiger partial charge is 0.228 e. The number of aryl methyl sites for hydroxylation is 1. The Labute approximate surface area is 196 Å². The van der Waals surface area contributed by atoms with Crippen molar-refractivity contribution in [2.24, 2.45) is 0 Å². The molecule has 0 aliphatic carbocycles. The van der Waals surface area contributed by atoms with Gasteiger partial charge in [-0.15, -0.1) is 0 Å². The predicted molar refractivity (Wildman–Crippen MR) is 131 cm³/mol.